The van der Waals surface area contributed by atoms with Gasteiger partial charge in [0.15, 0.2) is 0 Å². The summed E-state index contributed by atoms with van der Waals surface area (Å²) < 4.78 is 11.8. The molecule has 1 saturated heterocycles. The van der Waals surface area contributed by atoms with Gasteiger partial charge in [0.1, 0.15) is 23.6 Å². The number of fused-ring (bicyclic) bond motifs is 3. The van der Waals surface area contributed by atoms with Crippen LogP contribution in [0.3, 0.4) is 0 Å². The Morgan fingerprint density at radius 1 is 1.18 bits per heavy atom. The Balaban J connectivity index is 2.04. The van der Waals surface area contributed by atoms with Crippen molar-refractivity contribution in [1.82, 2.24) is 0 Å². The van der Waals surface area contributed by atoms with Gasteiger partial charge in [-0.05, 0) is 37.0 Å². The molecule has 17 heavy (non-hydrogen) atoms. The zero-order valence-electron chi connectivity index (χ0n) is 11.2. The third-order valence-electron chi connectivity index (χ3n) is 3.73. The molecule has 2 nitrogen and oxygen atoms in total. The molecule has 2 heterocycles. The van der Waals surface area contributed by atoms with Gasteiger partial charge in [0, 0.05) is 5.56 Å². The molecule has 1 fully saturated rings. The highest BCUT2D eigenvalue weighted by Gasteiger charge is 2.56. The fourth-order valence-corrected chi connectivity index (χ4v) is 2.55. The van der Waals surface area contributed by atoms with Crippen molar-refractivity contribution in [3.8, 4) is 5.75 Å². The number of ether oxygens (including phenoxy) is 2. The number of epoxide rings is 1. The Labute approximate surface area is 103 Å². The summed E-state index contributed by atoms with van der Waals surface area (Å²) in [6.45, 7) is 10.9. The minimum Gasteiger partial charge on any atom is -0.485 e. The standard InChI is InChI=1S/C15H20O2/c1-14(2,3)9-6-7-11-10(8-9)12-13(16-12)15(4,5)17-11/h6-8,12-13H,1-5H3/t12-,13+/m0/s1. The third-order valence-corrected chi connectivity index (χ3v) is 3.73. The lowest BCUT2D eigenvalue weighted by molar-refractivity contribution is 0.0725. The average Bonchev–Trinajstić information content (AvgIpc) is 2.95. The molecule has 0 spiro atoms. The van der Waals surface area contributed by atoms with Gasteiger partial charge in [-0.1, -0.05) is 26.8 Å². The zero-order chi connectivity index (χ0) is 12.4. The topological polar surface area (TPSA) is 21.8 Å². The van der Waals surface area contributed by atoms with Crippen LogP contribution in [-0.2, 0) is 10.2 Å². The van der Waals surface area contributed by atoms with Crippen molar-refractivity contribution < 1.29 is 9.47 Å². The second-order valence-corrected chi connectivity index (χ2v) is 6.69. The zero-order valence-corrected chi connectivity index (χ0v) is 11.2. The number of hydrogen-bond acceptors (Lipinski definition) is 2. The lowest BCUT2D eigenvalue weighted by atomic mass is 9.84. The number of rotatable bonds is 0. The van der Waals surface area contributed by atoms with Gasteiger partial charge in [0.05, 0.1) is 0 Å². The highest BCUT2D eigenvalue weighted by atomic mass is 16.6. The molecule has 1 aromatic carbocycles. The molecule has 0 unspecified atom stereocenters. The van der Waals surface area contributed by atoms with Gasteiger partial charge in [-0.15, -0.1) is 0 Å². The second kappa shape index (κ2) is 3.05. The Morgan fingerprint density at radius 3 is 2.53 bits per heavy atom. The quantitative estimate of drug-likeness (QED) is 0.637. The Kier molecular flexibility index (Phi) is 1.99. The average molecular weight is 232 g/mol. The molecule has 92 valence electrons. The van der Waals surface area contributed by atoms with Gasteiger partial charge in [-0.3, -0.25) is 0 Å². The van der Waals surface area contributed by atoms with E-state index in [1.165, 1.54) is 11.1 Å². The van der Waals surface area contributed by atoms with E-state index in [9.17, 15) is 0 Å². The highest BCUT2D eigenvalue weighted by Crippen LogP contribution is 2.54. The minimum atomic E-state index is -0.194. The van der Waals surface area contributed by atoms with Crippen LogP contribution >= 0.6 is 0 Å². The third kappa shape index (κ3) is 1.66. The van der Waals surface area contributed by atoms with Crippen LogP contribution in [0.2, 0.25) is 0 Å². The molecule has 0 aromatic heterocycles. The lowest BCUT2D eigenvalue weighted by Gasteiger charge is -2.30. The second-order valence-electron chi connectivity index (χ2n) is 6.69. The van der Waals surface area contributed by atoms with Crippen molar-refractivity contribution in [2.24, 2.45) is 0 Å². The molecular weight excluding hydrogens is 212 g/mol. The highest BCUT2D eigenvalue weighted by molar-refractivity contribution is 5.46. The molecule has 0 amide bonds. The number of hydrogen-bond donors (Lipinski definition) is 0. The van der Waals surface area contributed by atoms with Crippen molar-refractivity contribution in [1.29, 1.82) is 0 Å². The number of benzene rings is 1. The Hall–Kier alpha value is -1.02. The summed E-state index contributed by atoms with van der Waals surface area (Å²) in [6, 6.07) is 6.50. The largest absolute Gasteiger partial charge is 0.485 e. The summed E-state index contributed by atoms with van der Waals surface area (Å²) in [7, 11) is 0. The summed E-state index contributed by atoms with van der Waals surface area (Å²) >= 11 is 0. The maximum Gasteiger partial charge on any atom is 0.132 e. The first-order valence-electron chi connectivity index (χ1n) is 6.28. The van der Waals surface area contributed by atoms with Crippen LogP contribution in [0.15, 0.2) is 18.2 Å². The van der Waals surface area contributed by atoms with Crippen LogP contribution in [-0.4, -0.2) is 11.7 Å². The maximum absolute atomic E-state index is 6.02. The molecule has 0 saturated carbocycles. The maximum atomic E-state index is 6.02. The van der Waals surface area contributed by atoms with Crippen molar-refractivity contribution in [2.45, 2.75) is 57.8 Å². The van der Waals surface area contributed by atoms with Crippen LogP contribution in [0, 0.1) is 0 Å². The fraction of sp³-hybridized carbons (Fsp3) is 0.600. The van der Waals surface area contributed by atoms with Gasteiger partial charge in [-0.2, -0.15) is 0 Å². The van der Waals surface area contributed by atoms with Gasteiger partial charge >= 0.3 is 0 Å². The molecule has 0 bridgehead atoms. The van der Waals surface area contributed by atoms with Crippen molar-refractivity contribution in [3.05, 3.63) is 29.3 Å². The van der Waals surface area contributed by atoms with Crippen LogP contribution in [0.25, 0.3) is 0 Å². The van der Waals surface area contributed by atoms with Crippen LogP contribution in [0.5, 0.6) is 5.75 Å². The van der Waals surface area contributed by atoms with E-state index in [0.29, 0.717) is 0 Å². The Bertz CT molecular complexity index is 468. The molecule has 1 aromatic rings. The van der Waals surface area contributed by atoms with Crippen molar-refractivity contribution in [3.63, 3.8) is 0 Å². The van der Waals surface area contributed by atoms with Crippen molar-refractivity contribution in [2.75, 3.05) is 0 Å². The predicted octanol–water partition coefficient (Wildman–Crippen LogP) is 3.60. The fourth-order valence-electron chi connectivity index (χ4n) is 2.55. The van der Waals surface area contributed by atoms with Gasteiger partial charge < -0.3 is 9.47 Å². The molecule has 2 aliphatic rings. The summed E-state index contributed by atoms with van der Waals surface area (Å²) in [5.41, 5.74) is 2.54. The molecule has 2 aliphatic heterocycles. The summed E-state index contributed by atoms with van der Waals surface area (Å²) in [5.74, 6) is 0.988. The SMILES string of the molecule is CC(C)(C)c1ccc2c(c1)[C@@H]1O[C@H]1C(C)(C)O2. The summed E-state index contributed by atoms with van der Waals surface area (Å²) in [4.78, 5) is 0. The Morgan fingerprint density at radius 2 is 1.88 bits per heavy atom. The lowest BCUT2D eigenvalue weighted by Crippen LogP contribution is -2.37. The molecule has 0 aliphatic carbocycles. The van der Waals surface area contributed by atoms with Crippen LogP contribution in [0.1, 0.15) is 51.8 Å². The first-order valence-corrected chi connectivity index (χ1v) is 6.28. The monoisotopic (exact) mass is 232 g/mol. The predicted molar refractivity (Wildman–Crippen MR) is 67.5 cm³/mol. The smallest absolute Gasteiger partial charge is 0.132 e. The summed E-state index contributed by atoms with van der Waals surface area (Å²) in [5, 5.41) is 0. The van der Waals surface area contributed by atoms with E-state index >= 15 is 0 Å². The molecule has 0 N–H and O–H groups in total. The first kappa shape index (κ1) is 11.1. The molecule has 2 atom stereocenters. The van der Waals surface area contributed by atoms with E-state index in [4.69, 9.17) is 9.47 Å². The summed E-state index contributed by atoms with van der Waals surface area (Å²) in [6.07, 6.45) is 0.473. The normalized spacial score (nSPS) is 29.0. The first-order chi connectivity index (χ1) is 7.79. The van der Waals surface area contributed by atoms with E-state index in [0.717, 1.165) is 5.75 Å². The van der Waals surface area contributed by atoms with Crippen LogP contribution in [0.4, 0.5) is 0 Å². The van der Waals surface area contributed by atoms with E-state index in [1.54, 1.807) is 0 Å². The molecule has 3 rings (SSSR count). The molecule has 2 heteroatoms. The molecular formula is C15H20O2. The van der Waals surface area contributed by atoms with E-state index in [2.05, 4.69) is 52.8 Å². The van der Waals surface area contributed by atoms with Gasteiger partial charge in [-0.25, -0.2) is 0 Å². The molecule has 0 radical (unpaired) electrons. The van der Waals surface area contributed by atoms with E-state index in [1.807, 2.05) is 0 Å². The van der Waals surface area contributed by atoms with Crippen molar-refractivity contribution >= 4 is 0 Å². The van der Waals surface area contributed by atoms with E-state index < -0.39 is 0 Å². The minimum absolute atomic E-state index is 0.173. The van der Waals surface area contributed by atoms with Gasteiger partial charge in [0.2, 0.25) is 0 Å². The van der Waals surface area contributed by atoms with Gasteiger partial charge in [0.25, 0.3) is 0 Å². The van der Waals surface area contributed by atoms with Crippen LogP contribution < -0.4 is 4.74 Å². The van der Waals surface area contributed by atoms with E-state index in [-0.39, 0.29) is 23.2 Å².